The summed E-state index contributed by atoms with van der Waals surface area (Å²) in [6.07, 6.45) is 2.62. The van der Waals surface area contributed by atoms with Crippen molar-refractivity contribution < 1.29 is 4.79 Å². The molecule has 1 amide bonds. The molecule has 1 rings (SSSR count). The molecule has 1 radical (unpaired) electrons. The third-order valence-electron chi connectivity index (χ3n) is 1.39. The Morgan fingerprint density at radius 2 is 2.17 bits per heavy atom. The van der Waals surface area contributed by atoms with Gasteiger partial charge in [-0.1, -0.05) is 18.2 Å². The zero-order valence-corrected chi connectivity index (χ0v) is 7.06. The highest BCUT2D eigenvalue weighted by Crippen LogP contribution is 2.14. The number of halogens is 1. The van der Waals surface area contributed by atoms with Gasteiger partial charge in [0.2, 0.25) is 5.91 Å². The highest BCUT2D eigenvalue weighted by Gasteiger charge is 2.02. The van der Waals surface area contributed by atoms with Gasteiger partial charge < -0.3 is 5.73 Å². The molecule has 0 aliphatic carbocycles. The molecule has 0 fully saturated rings. The van der Waals surface area contributed by atoms with Crippen LogP contribution >= 0.6 is 11.6 Å². The van der Waals surface area contributed by atoms with E-state index in [0.29, 0.717) is 16.1 Å². The molecule has 2 N–H and O–H groups in total. The van der Waals surface area contributed by atoms with Crippen LogP contribution in [0, 0.1) is 6.08 Å². The molecule has 0 aromatic heterocycles. The van der Waals surface area contributed by atoms with Crippen LogP contribution < -0.4 is 5.73 Å². The van der Waals surface area contributed by atoms with Gasteiger partial charge in [-0.3, -0.25) is 4.79 Å². The van der Waals surface area contributed by atoms with Crippen molar-refractivity contribution in [3.05, 3.63) is 47.0 Å². The number of hydrogen-bond acceptors (Lipinski definition) is 1. The van der Waals surface area contributed by atoms with Gasteiger partial charge in [-0.2, -0.15) is 0 Å². The van der Waals surface area contributed by atoms with Crippen LogP contribution in [-0.4, -0.2) is 5.91 Å². The molecule has 1 aromatic carbocycles. The standard InChI is InChI=1S/C9H7ClNO/c1-2-6-3-7(9(11)12)5-8(10)4-6/h3-5H,1H2,(H2,11,12). The fourth-order valence-corrected chi connectivity index (χ4v) is 1.07. The van der Waals surface area contributed by atoms with Crippen LogP contribution in [-0.2, 0) is 0 Å². The minimum absolute atomic E-state index is 0.369. The average Bonchev–Trinajstić information content (AvgIpc) is 2.03. The molecule has 0 heterocycles. The molecular formula is C9H7ClNO. The van der Waals surface area contributed by atoms with Crippen molar-refractivity contribution in [1.82, 2.24) is 0 Å². The van der Waals surface area contributed by atoms with E-state index in [0.717, 1.165) is 0 Å². The lowest BCUT2D eigenvalue weighted by atomic mass is 10.1. The number of hydrogen-bond donors (Lipinski definition) is 1. The topological polar surface area (TPSA) is 43.1 Å². The number of nitrogens with two attached hydrogens (primary N) is 1. The van der Waals surface area contributed by atoms with Crippen LogP contribution in [0.3, 0.4) is 0 Å². The predicted molar refractivity (Wildman–Crippen MR) is 47.9 cm³/mol. The number of carbonyl (C=O) groups is 1. The van der Waals surface area contributed by atoms with E-state index in [2.05, 4.69) is 12.7 Å². The Bertz CT molecular complexity index is 333. The largest absolute Gasteiger partial charge is 0.366 e. The molecular weight excluding hydrogens is 174 g/mol. The van der Waals surface area contributed by atoms with E-state index < -0.39 is 5.91 Å². The number of amides is 1. The first kappa shape index (κ1) is 8.81. The van der Waals surface area contributed by atoms with Crippen molar-refractivity contribution in [3.8, 4) is 0 Å². The Hall–Kier alpha value is -1.28. The molecule has 0 saturated carbocycles. The molecule has 0 atom stereocenters. The van der Waals surface area contributed by atoms with Gasteiger partial charge in [0, 0.05) is 10.6 Å². The van der Waals surface area contributed by atoms with Crippen molar-refractivity contribution >= 4 is 17.5 Å². The Labute approximate surface area is 75.6 Å². The second-order valence-electron chi connectivity index (χ2n) is 2.27. The Balaban J connectivity index is 3.23. The maximum Gasteiger partial charge on any atom is 0.248 e. The molecule has 12 heavy (non-hydrogen) atoms. The molecule has 61 valence electrons. The van der Waals surface area contributed by atoms with Gasteiger partial charge in [-0.25, -0.2) is 0 Å². The fourth-order valence-electron chi connectivity index (χ4n) is 0.834. The van der Waals surface area contributed by atoms with Crippen molar-refractivity contribution in [2.75, 3.05) is 0 Å². The van der Waals surface area contributed by atoms with Crippen LogP contribution in [0.4, 0.5) is 0 Å². The summed E-state index contributed by atoms with van der Waals surface area (Å²) in [6, 6.07) is 4.74. The second-order valence-corrected chi connectivity index (χ2v) is 2.71. The summed E-state index contributed by atoms with van der Waals surface area (Å²) < 4.78 is 0. The first-order valence-electron chi connectivity index (χ1n) is 3.27. The van der Waals surface area contributed by atoms with E-state index in [1.165, 1.54) is 6.07 Å². The second kappa shape index (κ2) is 3.41. The van der Waals surface area contributed by atoms with Crippen LogP contribution in [0.5, 0.6) is 0 Å². The molecule has 0 saturated heterocycles. The minimum Gasteiger partial charge on any atom is -0.366 e. The van der Waals surface area contributed by atoms with Crippen molar-refractivity contribution in [3.63, 3.8) is 0 Å². The van der Waals surface area contributed by atoms with Gasteiger partial charge in [0.15, 0.2) is 0 Å². The highest BCUT2D eigenvalue weighted by atomic mass is 35.5. The van der Waals surface area contributed by atoms with E-state index >= 15 is 0 Å². The summed E-state index contributed by atoms with van der Waals surface area (Å²) in [6.45, 7) is 3.44. The van der Waals surface area contributed by atoms with Crippen LogP contribution in [0.2, 0.25) is 5.02 Å². The average molecular weight is 181 g/mol. The quantitative estimate of drug-likeness (QED) is 0.741. The first-order valence-corrected chi connectivity index (χ1v) is 3.65. The number of carbonyl (C=O) groups excluding carboxylic acids is 1. The Morgan fingerprint density at radius 1 is 1.50 bits per heavy atom. The van der Waals surface area contributed by atoms with Gasteiger partial charge in [0.1, 0.15) is 0 Å². The lowest BCUT2D eigenvalue weighted by molar-refractivity contribution is 0.100. The maximum absolute atomic E-state index is 10.7. The normalized spacial score (nSPS) is 9.42. The van der Waals surface area contributed by atoms with E-state index in [1.54, 1.807) is 12.1 Å². The van der Waals surface area contributed by atoms with Gasteiger partial charge in [0.25, 0.3) is 0 Å². The summed E-state index contributed by atoms with van der Waals surface area (Å²) in [5.41, 5.74) is 6.09. The lowest BCUT2D eigenvalue weighted by Crippen LogP contribution is -2.10. The third kappa shape index (κ3) is 1.86. The van der Waals surface area contributed by atoms with E-state index in [-0.39, 0.29) is 0 Å². The number of rotatable bonds is 2. The Kier molecular flexibility index (Phi) is 2.51. The molecule has 3 heteroatoms. The van der Waals surface area contributed by atoms with Crippen LogP contribution in [0.15, 0.2) is 24.8 Å². The number of primary amides is 1. The van der Waals surface area contributed by atoms with E-state index in [1.807, 2.05) is 0 Å². The zero-order valence-electron chi connectivity index (χ0n) is 6.30. The minimum atomic E-state index is -0.506. The summed E-state index contributed by atoms with van der Waals surface area (Å²) in [4.78, 5) is 10.7. The van der Waals surface area contributed by atoms with Crippen LogP contribution in [0.1, 0.15) is 15.9 Å². The SMILES string of the molecule is C=[C]c1cc(Cl)cc(C(N)=O)c1. The summed E-state index contributed by atoms with van der Waals surface area (Å²) in [5, 5.41) is 0.456. The first-order chi connectivity index (χ1) is 5.63. The predicted octanol–water partition coefficient (Wildman–Crippen LogP) is 1.78. The van der Waals surface area contributed by atoms with Gasteiger partial charge >= 0.3 is 0 Å². The van der Waals surface area contributed by atoms with Gasteiger partial charge in [-0.05, 0) is 29.8 Å². The smallest absolute Gasteiger partial charge is 0.248 e. The van der Waals surface area contributed by atoms with Crippen LogP contribution in [0.25, 0.3) is 0 Å². The third-order valence-corrected chi connectivity index (χ3v) is 1.60. The molecule has 0 bridgehead atoms. The summed E-state index contributed by atoms with van der Waals surface area (Å²) in [7, 11) is 0. The molecule has 0 unspecified atom stereocenters. The summed E-state index contributed by atoms with van der Waals surface area (Å²) >= 11 is 5.70. The Morgan fingerprint density at radius 3 is 2.67 bits per heavy atom. The zero-order chi connectivity index (χ0) is 9.14. The fraction of sp³-hybridized carbons (Fsp3) is 0. The van der Waals surface area contributed by atoms with Crippen molar-refractivity contribution in [2.45, 2.75) is 0 Å². The number of benzene rings is 1. The van der Waals surface area contributed by atoms with Crippen molar-refractivity contribution in [2.24, 2.45) is 5.73 Å². The molecule has 1 aromatic rings. The lowest BCUT2D eigenvalue weighted by Gasteiger charge is -1.98. The van der Waals surface area contributed by atoms with E-state index in [9.17, 15) is 4.79 Å². The molecule has 2 nitrogen and oxygen atoms in total. The monoisotopic (exact) mass is 180 g/mol. The molecule has 0 aliphatic heterocycles. The highest BCUT2D eigenvalue weighted by molar-refractivity contribution is 6.31. The molecule has 0 spiro atoms. The maximum atomic E-state index is 10.7. The van der Waals surface area contributed by atoms with E-state index in [4.69, 9.17) is 17.3 Å². The van der Waals surface area contributed by atoms with Gasteiger partial charge in [0.05, 0.1) is 0 Å². The summed E-state index contributed by atoms with van der Waals surface area (Å²) in [5.74, 6) is -0.506. The molecule has 0 aliphatic rings. The van der Waals surface area contributed by atoms with Gasteiger partial charge in [-0.15, -0.1) is 0 Å². The van der Waals surface area contributed by atoms with Crippen molar-refractivity contribution in [1.29, 1.82) is 0 Å².